The van der Waals surface area contributed by atoms with Crippen LogP contribution < -0.4 is 0 Å². The third kappa shape index (κ3) is 5.36. The van der Waals surface area contributed by atoms with Gasteiger partial charge in [0.25, 0.3) is 0 Å². The molecule has 1 amide bonds. The number of rotatable bonds is 7. The van der Waals surface area contributed by atoms with Crippen molar-refractivity contribution in [2.45, 2.75) is 39.2 Å². The number of halogens is 3. The summed E-state index contributed by atoms with van der Waals surface area (Å²) in [6.07, 6.45) is 1.73. The van der Waals surface area contributed by atoms with Crippen molar-refractivity contribution in [3.63, 3.8) is 0 Å². The number of nitrogens with zero attached hydrogens (tertiary/aromatic N) is 3. The molecule has 1 fully saturated rings. The summed E-state index contributed by atoms with van der Waals surface area (Å²) in [7, 11) is 0. The highest BCUT2D eigenvalue weighted by Gasteiger charge is 2.28. The van der Waals surface area contributed by atoms with Gasteiger partial charge in [-0.15, -0.1) is 0 Å². The molecule has 0 aliphatic carbocycles. The predicted octanol–water partition coefficient (Wildman–Crippen LogP) is 5.26. The van der Waals surface area contributed by atoms with Crippen LogP contribution in [0.2, 0.25) is 10.0 Å². The number of amides is 1. The van der Waals surface area contributed by atoms with E-state index in [1.807, 2.05) is 4.57 Å². The Morgan fingerprint density at radius 1 is 1.15 bits per heavy atom. The van der Waals surface area contributed by atoms with Gasteiger partial charge in [0.05, 0.1) is 33.6 Å². The fourth-order valence-electron chi connectivity index (χ4n) is 4.36. The molecule has 2 aromatic carbocycles. The first-order valence-electron chi connectivity index (χ1n) is 11.4. The lowest BCUT2D eigenvalue weighted by Gasteiger charge is -2.31. The van der Waals surface area contributed by atoms with Crippen LogP contribution in [0.15, 0.2) is 36.4 Å². The lowest BCUT2D eigenvalue weighted by atomic mass is 9.97. The number of hydrogen-bond donors (Lipinski definition) is 0. The molecule has 180 valence electrons. The van der Waals surface area contributed by atoms with Crippen LogP contribution >= 0.6 is 23.2 Å². The van der Waals surface area contributed by atoms with Gasteiger partial charge in [-0.3, -0.25) is 9.59 Å². The highest BCUT2D eigenvalue weighted by Crippen LogP contribution is 2.29. The van der Waals surface area contributed by atoms with Crippen molar-refractivity contribution in [3.05, 3.63) is 63.6 Å². The molecule has 0 saturated carbocycles. The standard InChI is InChI=1S/C25H26Cl2FN3O3/c1-2-34-25(33)16-7-10-30(11-8-16)24(32)9-12-31-22-15-19(27)18(26)14-21(22)29-23(31)13-17-5-3-4-6-20(17)28/h3-6,14-16H,2,7-13H2,1H3. The van der Waals surface area contributed by atoms with E-state index in [2.05, 4.69) is 4.98 Å². The number of likely N-dealkylation sites (tertiary alicyclic amines) is 1. The third-order valence-electron chi connectivity index (χ3n) is 6.19. The molecule has 0 N–H and O–H groups in total. The largest absolute Gasteiger partial charge is 0.466 e. The number of aryl methyl sites for hydroxylation is 1. The zero-order chi connectivity index (χ0) is 24.2. The first-order chi connectivity index (χ1) is 16.4. The van der Waals surface area contributed by atoms with Gasteiger partial charge in [0.2, 0.25) is 5.91 Å². The Morgan fingerprint density at radius 3 is 2.56 bits per heavy atom. The summed E-state index contributed by atoms with van der Waals surface area (Å²) in [6.45, 7) is 3.57. The number of hydrogen-bond acceptors (Lipinski definition) is 4. The fourth-order valence-corrected chi connectivity index (χ4v) is 4.67. The molecule has 0 bridgehead atoms. The summed E-state index contributed by atoms with van der Waals surface area (Å²) in [6, 6.07) is 9.97. The molecule has 1 saturated heterocycles. The topological polar surface area (TPSA) is 64.4 Å². The Labute approximate surface area is 207 Å². The van der Waals surface area contributed by atoms with E-state index in [0.29, 0.717) is 66.0 Å². The summed E-state index contributed by atoms with van der Waals surface area (Å²) in [5.41, 5.74) is 1.90. The van der Waals surface area contributed by atoms with Crippen molar-refractivity contribution in [2.24, 2.45) is 5.92 Å². The van der Waals surface area contributed by atoms with E-state index in [-0.39, 0.29) is 36.5 Å². The molecule has 0 atom stereocenters. The maximum absolute atomic E-state index is 14.3. The Hall–Kier alpha value is -2.64. The molecule has 1 aromatic heterocycles. The Kier molecular flexibility index (Phi) is 7.73. The first-order valence-corrected chi connectivity index (χ1v) is 12.1. The molecular formula is C25H26Cl2FN3O3. The number of carbonyl (C=O) groups is 2. The van der Waals surface area contributed by atoms with Gasteiger partial charge in [-0.2, -0.15) is 0 Å². The Bertz CT molecular complexity index is 1210. The normalized spacial score (nSPS) is 14.5. The number of fused-ring (bicyclic) bond motifs is 1. The second kappa shape index (κ2) is 10.7. The van der Waals surface area contributed by atoms with Crippen molar-refractivity contribution < 1.29 is 18.7 Å². The van der Waals surface area contributed by atoms with E-state index in [9.17, 15) is 14.0 Å². The number of aromatic nitrogens is 2. The Morgan fingerprint density at radius 2 is 1.85 bits per heavy atom. The van der Waals surface area contributed by atoms with E-state index in [1.165, 1.54) is 6.07 Å². The number of esters is 1. The minimum atomic E-state index is -0.308. The first kappa shape index (κ1) is 24.5. The van der Waals surface area contributed by atoms with Gasteiger partial charge in [0.15, 0.2) is 0 Å². The highest BCUT2D eigenvalue weighted by molar-refractivity contribution is 6.42. The molecule has 0 unspecified atom stereocenters. The van der Waals surface area contributed by atoms with E-state index in [1.54, 1.807) is 42.2 Å². The number of carbonyl (C=O) groups excluding carboxylic acids is 2. The molecule has 2 heterocycles. The molecule has 1 aliphatic rings. The van der Waals surface area contributed by atoms with Crippen LogP contribution in [0.25, 0.3) is 11.0 Å². The maximum Gasteiger partial charge on any atom is 0.309 e. The summed E-state index contributed by atoms with van der Waals surface area (Å²) < 4.78 is 21.3. The number of benzene rings is 2. The summed E-state index contributed by atoms with van der Waals surface area (Å²) in [5, 5.41) is 0.775. The Balaban J connectivity index is 1.50. The van der Waals surface area contributed by atoms with Gasteiger partial charge in [0, 0.05) is 32.5 Å². The summed E-state index contributed by atoms with van der Waals surface area (Å²) in [4.78, 5) is 31.4. The van der Waals surface area contributed by atoms with Crippen LogP contribution in [0.5, 0.6) is 0 Å². The van der Waals surface area contributed by atoms with E-state index in [4.69, 9.17) is 27.9 Å². The number of piperidine rings is 1. The quantitative estimate of drug-likeness (QED) is 0.410. The minimum Gasteiger partial charge on any atom is -0.466 e. The average molecular weight is 506 g/mol. The van der Waals surface area contributed by atoms with Gasteiger partial charge in [0.1, 0.15) is 11.6 Å². The second-order valence-corrected chi connectivity index (χ2v) is 9.17. The van der Waals surface area contributed by atoms with E-state index >= 15 is 0 Å². The molecule has 4 rings (SSSR count). The van der Waals surface area contributed by atoms with Gasteiger partial charge in [-0.1, -0.05) is 41.4 Å². The third-order valence-corrected chi connectivity index (χ3v) is 6.91. The van der Waals surface area contributed by atoms with Gasteiger partial charge in [-0.25, -0.2) is 9.37 Å². The van der Waals surface area contributed by atoms with Crippen LogP contribution in [-0.2, 0) is 27.3 Å². The number of ether oxygens (including phenoxy) is 1. The highest BCUT2D eigenvalue weighted by atomic mass is 35.5. The monoisotopic (exact) mass is 505 g/mol. The second-order valence-electron chi connectivity index (χ2n) is 8.36. The van der Waals surface area contributed by atoms with Crippen LogP contribution in [0.4, 0.5) is 4.39 Å². The molecule has 9 heteroatoms. The predicted molar refractivity (Wildman–Crippen MR) is 130 cm³/mol. The van der Waals surface area contributed by atoms with Gasteiger partial charge in [-0.05, 0) is 43.5 Å². The zero-order valence-electron chi connectivity index (χ0n) is 18.9. The SMILES string of the molecule is CCOC(=O)C1CCN(C(=O)CCn2c(Cc3ccccc3F)nc3cc(Cl)c(Cl)cc32)CC1. The zero-order valence-corrected chi connectivity index (χ0v) is 20.4. The fraction of sp³-hybridized carbons (Fsp3) is 0.400. The minimum absolute atomic E-state index is 0.000982. The molecule has 0 spiro atoms. The van der Waals surface area contributed by atoms with Crippen molar-refractivity contribution in [3.8, 4) is 0 Å². The number of imidazole rings is 1. The molecule has 3 aromatic rings. The van der Waals surface area contributed by atoms with Crippen LogP contribution in [-0.4, -0.2) is 46.0 Å². The van der Waals surface area contributed by atoms with Gasteiger partial charge < -0.3 is 14.2 Å². The molecule has 34 heavy (non-hydrogen) atoms. The molecule has 1 aliphatic heterocycles. The lowest BCUT2D eigenvalue weighted by Crippen LogP contribution is -2.41. The lowest BCUT2D eigenvalue weighted by molar-refractivity contribution is -0.151. The summed E-state index contributed by atoms with van der Waals surface area (Å²) in [5.74, 6) is -0.0142. The van der Waals surface area contributed by atoms with Crippen molar-refractivity contribution >= 4 is 46.1 Å². The van der Waals surface area contributed by atoms with Gasteiger partial charge >= 0.3 is 5.97 Å². The van der Waals surface area contributed by atoms with E-state index in [0.717, 1.165) is 5.52 Å². The van der Waals surface area contributed by atoms with Crippen LogP contribution in [0.1, 0.15) is 37.6 Å². The average Bonchev–Trinajstić information content (AvgIpc) is 3.15. The van der Waals surface area contributed by atoms with Crippen molar-refractivity contribution in [1.82, 2.24) is 14.5 Å². The van der Waals surface area contributed by atoms with Crippen molar-refractivity contribution in [2.75, 3.05) is 19.7 Å². The van der Waals surface area contributed by atoms with Crippen LogP contribution in [0.3, 0.4) is 0 Å². The smallest absolute Gasteiger partial charge is 0.309 e. The molecular weight excluding hydrogens is 480 g/mol. The van der Waals surface area contributed by atoms with E-state index < -0.39 is 0 Å². The van der Waals surface area contributed by atoms with Crippen molar-refractivity contribution in [1.29, 1.82) is 0 Å². The summed E-state index contributed by atoms with van der Waals surface area (Å²) >= 11 is 12.4. The molecule has 6 nitrogen and oxygen atoms in total. The maximum atomic E-state index is 14.3. The van der Waals surface area contributed by atoms with Crippen LogP contribution in [0, 0.1) is 11.7 Å². The molecule has 0 radical (unpaired) electrons.